The molecule has 1 aromatic carbocycles. The molecule has 128 valence electrons. The Morgan fingerprint density at radius 2 is 1.92 bits per heavy atom. The summed E-state index contributed by atoms with van der Waals surface area (Å²) < 4.78 is 12.8. The normalized spacial score (nSPS) is 11.7. The van der Waals surface area contributed by atoms with Gasteiger partial charge < -0.3 is 20.6 Å². The number of hydrogen-bond donors (Lipinski definition) is 3. The van der Waals surface area contributed by atoms with Crippen molar-refractivity contribution in [2.45, 2.75) is 12.6 Å². The number of carbonyl (C=O) groups is 1. The minimum Gasteiger partial charge on any atom is -0.387 e. The van der Waals surface area contributed by atoms with Crippen LogP contribution >= 0.6 is 0 Å². The molecule has 0 fully saturated rings. The average Bonchev–Trinajstić information content (AvgIpc) is 2.58. The zero-order chi connectivity index (χ0) is 17.5. The standard InChI is InChI=1S/C17H21FN4O2/c1-22(2)16-8-3-12(9-19-16)10-20-17(24)21-11-15(23)13-4-6-14(18)7-5-13/h3-9,15,23H,10-11H2,1-2H3,(H2,20,21,24)/t15-/m0/s1. The molecule has 6 nitrogen and oxygen atoms in total. The number of hydrogen-bond acceptors (Lipinski definition) is 4. The quantitative estimate of drug-likeness (QED) is 0.754. The Bertz CT molecular complexity index is 659. The van der Waals surface area contributed by atoms with Crippen molar-refractivity contribution in [1.82, 2.24) is 15.6 Å². The Balaban J connectivity index is 1.75. The fourth-order valence-corrected chi connectivity index (χ4v) is 2.02. The third-order valence-electron chi connectivity index (χ3n) is 3.43. The smallest absolute Gasteiger partial charge is 0.315 e. The van der Waals surface area contributed by atoms with Crippen LogP contribution in [0, 0.1) is 5.82 Å². The van der Waals surface area contributed by atoms with Crippen molar-refractivity contribution in [3.05, 3.63) is 59.5 Å². The molecule has 0 aliphatic rings. The maximum absolute atomic E-state index is 12.8. The number of aliphatic hydroxyl groups is 1. The summed E-state index contributed by atoms with van der Waals surface area (Å²) in [5.41, 5.74) is 1.41. The highest BCUT2D eigenvalue weighted by Gasteiger charge is 2.09. The number of anilines is 1. The van der Waals surface area contributed by atoms with Crippen molar-refractivity contribution in [2.24, 2.45) is 0 Å². The van der Waals surface area contributed by atoms with E-state index in [1.54, 1.807) is 6.20 Å². The van der Waals surface area contributed by atoms with E-state index >= 15 is 0 Å². The van der Waals surface area contributed by atoms with Gasteiger partial charge in [-0.2, -0.15) is 0 Å². The van der Waals surface area contributed by atoms with Crippen molar-refractivity contribution >= 4 is 11.8 Å². The highest BCUT2D eigenvalue weighted by molar-refractivity contribution is 5.73. The van der Waals surface area contributed by atoms with Crippen LogP contribution in [0.3, 0.4) is 0 Å². The van der Waals surface area contributed by atoms with Gasteiger partial charge in [-0.05, 0) is 29.3 Å². The Hall–Kier alpha value is -2.67. The number of urea groups is 1. The highest BCUT2D eigenvalue weighted by atomic mass is 19.1. The van der Waals surface area contributed by atoms with Gasteiger partial charge in [0, 0.05) is 33.4 Å². The van der Waals surface area contributed by atoms with E-state index < -0.39 is 12.1 Å². The van der Waals surface area contributed by atoms with Crippen LogP contribution in [-0.2, 0) is 6.54 Å². The van der Waals surface area contributed by atoms with Gasteiger partial charge in [0.15, 0.2) is 0 Å². The minimum absolute atomic E-state index is 0.0370. The number of rotatable bonds is 6. The number of benzene rings is 1. The van der Waals surface area contributed by atoms with Gasteiger partial charge in [0.05, 0.1) is 6.10 Å². The van der Waals surface area contributed by atoms with Gasteiger partial charge in [0.25, 0.3) is 0 Å². The van der Waals surface area contributed by atoms with Crippen LogP contribution in [0.1, 0.15) is 17.2 Å². The molecule has 7 heteroatoms. The van der Waals surface area contributed by atoms with E-state index in [0.717, 1.165) is 11.4 Å². The summed E-state index contributed by atoms with van der Waals surface area (Å²) >= 11 is 0. The molecule has 0 aliphatic carbocycles. The Labute approximate surface area is 140 Å². The molecular weight excluding hydrogens is 311 g/mol. The van der Waals surface area contributed by atoms with Crippen molar-refractivity contribution in [3.8, 4) is 0 Å². The number of pyridine rings is 1. The number of aromatic nitrogens is 1. The second-order valence-electron chi connectivity index (χ2n) is 5.55. The molecule has 0 saturated heterocycles. The predicted octanol–water partition coefficient (Wildman–Crippen LogP) is 1.82. The minimum atomic E-state index is -0.891. The van der Waals surface area contributed by atoms with E-state index in [-0.39, 0.29) is 12.4 Å². The van der Waals surface area contributed by atoms with Gasteiger partial charge in [-0.3, -0.25) is 0 Å². The summed E-state index contributed by atoms with van der Waals surface area (Å²) in [5, 5.41) is 15.2. The summed E-state index contributed by atoms with van der Waals surface area (Å²) in [5.74, 6) is 0.469. The molecule has 1 heterocycles. The number of nitrogens with one attached hydrogen (secondary N) is 2. The lowest BCUT2D eigenvalue weighted by atomic mass is 10.1. The first-order valence-corrected chi connectivity index (χ1v) is 7.53. The molecule has 0 aliphatic heterocycles. The molecule has 0 spiro atoms. The summed E-state index contributed by atoms with van der Waals surface area (Å²) in [6.07, 6.45) is 0.806. The summed E-state index contributed by atoms with van der Waals surface area (Å²) in [6, 6.07) is 8.86. The molecule has 2 rings (SSSR count). The molecule has 0 bridgehead atoms. The SMILES string of the molecule is CN(C)c1ccc(CNC(=O)NC[C@H](O)c2ccc(F)cc2)cn1. The van der Waals surface area contributed by atoms with E-state index in [4.69, 9.17) is 0 Å². The van der Waals surface area contributed by atoms with Crippen LogP contribution in [0.2, 0.25) is 0 Å². The van der Waals surface area contributed by atoms with Gasteiger partial charge in [-0.15, -0.1) is 0 Å². The average molecular weight is 332 g/mol. The lowest BCUT2D eigenvalue weighted by molar-refractivity contribution is 0.173. The zero-order valence-corrected chi connectivity index (χ0v) is 13.7. The maximum Gasteiger partial charge on any atom is 0.315 e. The monoisotopic (exact) mass is 332 g/mol. The molecule has 2 aromatic rings. The van der Waals surface area contributed by atoms with Crippen LogP contribution in [0.25, 0.3) is 0 Å². The molecular formula is C17H21FN4O2. The Morgan fingerprint density at radius 1 is 1.21 bits per heavy atom. The number of halogens is 1. The van der Waals surface area contributed by atoms with Crippen LogP contribution < -0.4 is 15.5 Å². The largest absolute Gasteiger partial charge is 0.387 e. The summed E-state index contributed by atoms with van der Waals surface area (Å²) in [6.45, 7) is 0.370. The fraction of sp³-hybridized carbons (Fsp3) is 0.294. The summed E-state index contributed by atoms with van der Waals surface area (Å²) in [7, 11) is 3.81. The molecule has 0 saturated carbocycles. The molecule has 1 aromatic heterocycles. The van der Waals surface area contributed by atoms with Crippen molar-refractivity contribution in [2.75, 3.05) is 25.5 Å². The first-order valence-electron chi connectivity index (χ1n) is 7.53. The predicted molar refractivity (Wildman–Crippen MR) is 90.2 cm³/mol. The first-order chi connectivity index (χ1) is 11.5. The van der Waals surface area contributed by atoms with Gasteiger partial charge in [-0.25, -0.2) is 14.2 Å². The number of amides is 2. The van der Waals surface area contributed by atoms with Crippen LogP contribution in [0.5, 0.6) is 0 Å². The van der Waals surface area contributed by atoms with Gasteiger partial charge in [0.1, 0.15) is 11.6 Å². The third kappa shape index (κ3) is 5.20. The molecule has 2 amide bonds. The Morgan fingerprint density at radius 3 is 2.50 bits per heavy atom. The topological polar surface area (TPSA) is 77.5 Å². The van der Waals surface area contributed by atoms with Gasteiger partial charge in [-0.1, -0.05) is 18.2 Å². The van der Waals surface area contributed by atoms with E-state index in [9.17, 15) is 14.3 Å². The van der Waals surface area contributed by atoms with E-state index in [1.165, 1.54) is 24.3 Å². The van der Waals surface area contributed by atoms with E-state index in [0.29, 0.717) is 12.1 Å². The van der Waals surface area contributed by atoms with Crippen LogP contribution in [0.15, 0.2) is 42.6 Å². The lowest BCUT2D eigenvalue weighted by Gasteiger charge is -2.14. The first kappa shape index (κ1) is 17.7. The number of nitrogens with zero attached hydrogens (tertiary/aromatic N) is 2. The zero-order valence-electron chi connectivity index (χ0n) is 13.7. The fourth-order valence-electron chi connectivity index (χ4n) is 2.02. The second-order valence-corrected chi connectivity index (χ2v) is 5.55. The lowest BCUT2D eigenvalue weighted by Crippen LogP contribution is -2.37. The van der Waals surface area contributed by atoms with Crippen molar-refractivity contribution in [1.29, 1.82) is 0 Å². The van der Waals surface area contributed by atoms with Crippen LogP contribution in [-0.4, -0.2) is 36.8 Å². The molecule has 1 atom stereocenters. The van der Waals surface area contributed by atoms with Crippen molar-refractivity contribution in [3.63, 3.8) is 0 Å². The van der Waals surface area contributed by atoms with E-state index in [2.05, 4.69) is 15.6 Å². The van der Waals surface area contributed by atoms with E-state index in [1.807, 2.05) is 31.1 Å². The van der Waals surface area contributed by atoms with Crippen molar-refractivity contribution < 1.29 is 14.3 Å². The molecule has 0 radical (unpaired) electrons. The third-order valence-corrected chi connectivity index (χ3v) is 3.43. The second kappa shape index (κ2) is 8.26. The van der Waals surface area contributed by atoms with Crippen LogP contribution in [0.4, 0.5) is 15.0 Å². The van der Waals surface area contributed by atoms with Gasteiger partial charge in [0.2, 0.25) is 0 Å². The maximum atomic E-state index is 12.8. The summed E-state index contributed by atoms with van der Waals surface area (Å²) in [4.78, 5) is 17.9. The molecule has 3 N–H and O–H groups in total. The highest BCUT2D eigenvalue weighted by Crippen LogP contribution is 2.12. The molecule has 0 unspecified atom stereocenters. The van der Waals surface area contributed by atoms with Gasteiger partial charge >= 0.3 is 6.03 Å². The number of aliphatic hydroxyl groups excluding tert-OH is 1. The number of carbonyl (C=O) groups excluding carboxylic acids is 1. The molecule has 24 heavy (non-hydrogen) atoms. The Kier molecular flexibility index (Phi) is 6.08.